The quantitative estimate of drug-likeness (QED) is 0.752. The summed E-state index contributed by atoms with van der Waals surface area (Å²) in [5, 5.41) is 12.0. The van der Waals surface area contributed by atoms with Gasteiger partial charge >= 0.3 is 5.97 Å². The van der Waals surface area contributed by atoms with Crippen LogP contribution in [0.4, 0.5) is 5.69 Å². The van der Waals surface area contributed by atoms with Crippen LogP contribution in [0.3, 0.4) is 0 Å². The molecule has 1 aliphatic rings. The van der Waals surface area contributed by atoms with Gasteiger partial charge in [-0.15, -0.1) is 0 Å². The van der Waals surface area contributed by atoms with Crippen molar-refractivity contribution in [2.45, 2.75) is 32.2 Å². The molecule has 0 aromatic heterocycles. The maximum atomic E-state index is 12.7. The van der Waals surface area contributed by atoms with E-state index < -0.39 is 5.97 Å². The van der Waals surface area contributed by atoms with Gasteiger partial charge in [-0.1, -0.05) is 6.92 Å². The van der Waals surface area contributed by atoms with Crippen LogP contribution in [0.2, 0.25) is 0 Å². The van der Waals surface area contributed by atoms with Gasteiger partial charge in [0.2, 0.25) is 0 Å². The third-order valence-electron chi connectivity index (χ3n) is 4.00. The molecular weight excluding hydrogens is 268 g/mol. The Kier molecular flexibility index (Phi) is 4.96. The molecule has 1 aromatic carbocycles. The van der Waals surface area contributed by atoms with Gasteiger partial charge < -0.3 is 10.4 Å². The Bertz CT molecular complexity index is 542. The zero-order valence-corrected chi connectivity index (χ0v) is 12.6. The number of carboxylic acids is 1. The number of carbonyl (C=O) groups excluding carboxylic acids is 1. The van der Waals surface area contributed by atoms with Gasteiger partial charge in [0.15, 0.2) is 5.78 Å². The summed E-state index contributed by atoms with van der Waals surface area (Å²) in [4.78, 5) is 25.2. The van der Waals surface area contributed by atoms with E-state index >= 15 is 0 Å². The highest BCUT2D eigenvalue weighted by Crippen LogP contribution is 2.24. The Hall–Kier alpha value is -1.88. The van der Waals surface area contributed by atoms with Crippen molar-refractivity contribution in [3.05, 3.63) is 29.3 Å². The molecule has 2 N–H and O–H groups in total. The van der Waals surface area contributed by atoms with Crippen LogP contribution in [-0.2, 0) is 11.2 Å². The van der Waals surface area contributed by atoms with Crippen molar-refractivity contribution in [1.82, 2.24) is 4.90 Å². The molecule has 0 amide bonds. The normalized spacial score (nSPS) is 14.6. The predicted octanol–water partition coefficient (Wildman–Crippen LogP) is 2.02. The zero-order valence-electron chi connectivity index (χ0n) is 12.6. The molecule has 5 nitrogen and oxygen atoms in total. The van der Waals surface area contributed by atoms with E-state index in [-0.39, 0.29) is 18.2 Å². The first-order chi connectivity index (χ1) is 10.0. The summed E-state index contributed by atoms with van der Waals surface area (Å²) in [6, 6.07) is 5.51. The van der Waals surface area contributed by atoms with Gasteiger partial charge in [0.05, 0.1) is 12.5 Å². The molecule has 1 unspecified atom stereocenters. The van der Waals surface area contributed by atoms with Gasteiger partial charge in [-0.3, -0.25) is 14.5 Å². The fourth-order valence-electron chi connectivity index (χ4n) is 2.78. The summed E-state index contributed by atoms with van der Waals surface area (Å²) in [5.41, 5.74) is 3.01. The number of ketones is 1. The monoisotopic (exact) mass is 290 g/mol. The highest BCUT2D eigenvalue weighted by Gasteiger charge is 2.24. The number of anilines is 1. The molecule has 5 heteroatoms. The molecule has 2 rings (SSSR count). The number of Topliss-reactive ketones (excluding diaryl/α,β-unsaturated/α-hetero) is 1. The second-order valence-electron chi connectivity index (χ2n) is 5.46. The number of hydrogen-bond acceptors (Lipinski definition) is 4. The molecule has 0 radical (unpaired) electrons. The molecule has 0 aliphatic carbocycles. The van der Waals surface area contributed by atoms with Gasteiger partial charge in [0.1, 0.15) is 0 Å². The predicted molar refractivity (Wildman–Crippen MR) is 81.9 cm³/mol. The summed E-state index contributed by atoms with van der Waals surface area (Å²) in [5.74, 6) is -0.771. The van der Waals surface area contributed by atoms with Crippen LogP contribution >= 0.6 is 0 Å². The minimum atomic E-state index is -0.840. The van der Waals surface area contributed by atoms with Gasteiger partial charge in [-0.2, -0.15) is 0 Å². The van der Waals surface area contributed by atoms with Crippen molar-refractivity contribution in [2.75, 3.05) is 25.5 Å². The first kappa shape index (κ1) is 15.5. The lowest BCUT2D eigenvalue weighted by Gasteiger charge is -2.25. The average Bonchev–Trinajstić information content (AvgIpc) is 2.93. The van der Waals surface area contributed by atoms with Crippen LogP contribution in [-0.4, -0.2) is 47.9 Å². The molecule has 0 fully saturated rings. The molecule has 1 atom stereocenters. The van der Waals surface area contributed by atoms with Gasteiger partial charge in [0, 0.05) is 24.3 Å². The minimum Gasteiger partial charge on any atom is -0.481 e. The molecule has 21 heavy (non-hydrogen) atoms. The number of likely N-dealkylation sites (N-methyl/N-ethyl adjacent to an activating group) is 1. The number of fused-ring (bicyclic) bond motifs is 1. The van der Waals surface area contributed by atoms with E-state index in [2.05, 4.69) is 5.32 Å². The Labute approximate surface area is 125 Å². The van der Waals surface area contributed by atoms with E-state index in [1.54, 1.807) is 0 Å². The molecular formula is C16H22N2O3. The number of nitrogens with zero attached hydrogens (tertiary/aromatic N) is 1. The molecule has 0 saturated carbocycles. The summed E-state index contributed by atoms with van der Waals surface area (Å²) >= 11 is 0. The lowest BCUT2D eigenvalue weighted by molar-refractivity contribution is -0.137. The summed E-state index contributed by atoms with van der Waals surface area (Å²) in [6.45, 7) is 3.25. The van der Waals surface area contributed by atoms with Crippen LogP contribution in [0.15, 0.2) is 18.2 Å². The Morgan fingerprint density at radius 2 is 2.19 bits per heavy atom. The highest BCUT2D eigenvalue weighted by molar-refractivity contribution is 6.00. The van der Waals surface area contributed by atoms with E-state index in [1.807, 2.05) is 37.1 Å². The van der Waals surface area contributed by atoms with Gasteiger partial charge in [-0.05, 0) is 43.7 Å². The number of carboxylic acid groups (broad SMARTS) is 1. The Balaban J connectivity index is 2.10. The molecule has 1 aromatic rings. The second-order valence-corrected chi connectivity index (χ2v) is 5.46. The first-order valence-electron chi connectivity index (χ1n) is 7.36. The van der Waals surface area contributed by atoms with Gasteiger partial charge in [0.25, 0.3) is 0 Å². The fraction of sp³-hybridized carbons (Fsp3) is 0.500. The fourth-order valence-corrected chi connectivity index (χ4v) is 2.78. The zero-order chi connectivity index (χ0) is 15.4. The van der Waals surface area contributed by atoms with Crippen LogP contribution in [0.5, 0.6) is 0 Å². The number of carbonyl (C=O) groups is 2. The lowest BCUT2D eigenvalue weighted by Crippen LogP contribution is -2.39. The van der Waals surface area contributed by atoms with Crippen molar-refractivity contribution in [3.8, 4) is 0 Å². The molecule has 0 saturated heterocycles. The van der Waals surface area contributed by atoms with Crippen molar-refractivity contribution in [3.63, 3.8) is 0 Å². The number of hydrogen-bond donors (Lipinski definition) is 2. The maximum Gasteiger partial charge on any atom is 0.304 e. The van der Waals surface area contributed by atoms with Crippen molar-refractivity contribution < 1.29 is 14.7 Å². The lowest BCUT2D eigenvalue weighted by atomic mass is 9.98. The Morgan fingerprint density at radius 1 is 1.43 bits per heavy atom. The highest BCUT2D eigenvalue weighted by atomic mass is 16.4. The number of nitrogens with one attached hydrogen (secondary N) is 1. The molecule has 0 bridgehead atoms. The first-order valence-corrected chi connectivity index (χ1v) is 7.36. The molecule has 1 aliphatic heterocycles. The SMILES string of the molecule is CCC(C(=O)c1ccc2c(c1)CCN2)N(C)CCC(=O)O. The van der Waals surface area contributed by atoms with E-state index in [9.17, 15) is 9.59 Å². The van der Waals surface area contributed by atoms with Crippen molar-refractivity contribution >= 4 is 17.4 Å². The van der Waals surface area contributed by atoms with Crippen LogP contribution < -0.4 is 5.32 Å². The number of aliphatic carboxylic acids is 1. The van der Waals surface area contributed by atoms with Crippen molar-refractivity contribution in [2.24, 2.45) is 0 Å². The van der Waals surface area contributed by atoms with E-state index in [1.165, 1.54) is 5.56 Å². The van der Waals surface area contributed by atoms with Crippen LogP contribution in [0.1, 0.15) is 35.7 Å². The van der Waals surface area contributed by atoms with Crippen molar-refractivity contribution in [1.29, 1.82) is 0 Å². The largest absolute Gasteiger partial charge is 0.481 e. The number of rotatable bonds is 7. The molecule has 1 heterocycles. The van der Waals surface area contributed by atoms with E-state index in [0.29, 0.717) is 18.5 Å². The molecule has 0 spiro atoms. The third-order valence-corrected chi connectivity index (χ3v) is 4.00. The Morgan fingerprint density at radius 3 is 2.86 bits per heavy atom. The second kappa shape index (κ2) is 6.72. The van der Waals surface area contributed by atoms with E-state index in [0.717, 1.165) is 18.7 Å². The van der Waals surface area contributed by atoms with E-state index in [4.69, 9.17) is 5.11 Å². The minimum absolute atomic E-state index is 0.0500. The maximum absolute atomic E-state index is 12.7. The summed E-state index contributed by atoms with van der Waals surface area (Å²) in [6.07, 6.45) is 1.67. The standard InChI is InChI=1S/C16H22N2O3/c1-3-14(18(2)9-7-15(19)20)16(21)12-4-5-13-11(10-12)6-8-17-13/h4-5,10,14,17H,3,6-9H2,1-2H3,(H,19,20). The number of benzene rings is 1. The summed E-state index contributed by atoms with van der Waals surface area (Å²) in [7, 11) is 1.81. The third kappa shape index (κ3) is 3.61. The molecule has 114 valence electrons. The topological polar surface area (TPSA) is 69.6 Å². The van der Waals surface area contributed by atoms with Crippen LogP contribution in [0, 0.1) is 0 Å². The average molecular weight is 290 g/mol. The van der Waals surface area contributed by atoms with Gasteiger partial charge in [-0.25, -0.2) is 0 Å². The summed E-state index contributed by atoms with van der Waals surface area (Å²) < 4.78 is 0. The van der Waals surface area contributed by atoms with Crippen LogP contribution in [0.25, 0.3) is 0 Å². The smallest absolute Gasteiger partial charge is 0.304 e.